The first kappa shape index (κ1) is 18.6. The van der Waals surface area contributed by atoms with E-state index in [2.05, 4.69) is 0 Å². The molecule has 33 heavy (non-hydrogen) atoms. The van der Waals surface area contributed by atoms with Crippen molar-refractivity contribution in [2.75, 3.05) is 0 Å². The Morgan fingerprint density at radius 2 is 0.848 bits per heavy atom. The first-order chi connectivity index (χ1) is 15.9. The number of rotatable bonds is 1. The Balaban J connectivity index is 1.54. The summed E-state index contributed by atoms with van der Waals surface area (Å²) in [4.78, 5) is 0. The van der Waals surface area contributed by atoms with Crippen molar-refractivity contribution in [1.29, 1.82) is 0 Å². The molecule has 0 atom stereocenters. The molecule has 0 radical (unpaired) electrons. The first-order valence-corrected chi connectivity index (χ1v) is 9.93. The van der Waals surface area contributed by atoms with E-state index in [0.29, 0.717) is 28.5 Å². The van der Waals surface area contributed by atoms with E-state index in [1.54, 1.807) is 36.4 Å². The summed E-state index contributed by atoms with van der Waals surface area (Å²) in [6, 6.07) is 13.1. The van der Waals surface area contributed by atoms with E-state index in [1.807, 2.05) is 0 Å². The van der Waals surface area contributed by atoms with E-state index in [9.17, 15) is 22.0 Å². The molecule has 0 saturated heterocycles. The Labute approximate surface area is 183 Å². The van der Waals surface area contributed by atoms with Crippen LogP contribution in [0, 0.1) is 29.1 Å². The Kier molecular flexibility index (Phi) is 3.41. The average Bonchev–Trinajstić information content (AvgIpc) is 2.81. The van der Waals surface area contributed by atoms with E-state index in [-0.39, 0.29) is 23.8 Å². The van der Waals surface area contributed by atoms with Gasteiger partial charge in [0.05, 0.1) is 5.56 Å². The van der Waals surface area contributed by atoms with Gasteiger partial charge in [-0.25, -0.2) is 22.0 Å². The van der Waals surface area contributed by atoms with Crippen LogP contribution >= 0.6 is 0 Å². The fourth-order valence-electron chi connectivity index (χ4n) is 4.82. The van der Waals surface area contributed by atoms with Gasteiger partial charge in [0.15, 0.2) is 23.3 Å². The second-order valence-corrected chi connectivity index (χ2v) is 7.91. The lowest BCUT2D eigenvalue weighted by molar-refractivity contribution is 0.381. The molecule has 0 bridgehead atoms. The average molecular weight is 450 g/mol. The third-order valence-corrected chi connectivity index (χ3v) is 6.18. The van der Waals surface area contributed by atoms with Crippen LogP contribution in [-0.2, 0) is 0 Å². The van der Waals surface area contributed by atoms with E-state index in [4.69, 9.17) is 14.2 Å². The Morgan fingerprint density at radius 1 is 0.485 bits per heavy atom. The lowest BCUT2D eigenvalue weighted by atomic mass is 9.34. The maximum atomic E-state index is 14.6. The summed E-state index contributed by atoms with van der Waals surface area (Å²) in [5.41, 5.74) is 0.828. The van der Waals surface area contributed by atoms with Gasteiger partial charge in [0.1, 0.15) is 34.5 Å². The largest absolute Gasteiger partial charge is 0.458 e. The molecule has 0 aliphatic carbocycles. The highest BCUT2D eigenvalue weighted by atomic mass is 19.2. The molecule has 0 N–H and O–H groups in total. The van der Waals surface area contributed by atoms with Crippen LogP contribution in [0.3, 0.4) is 0 Å². The molecule has 0 spiro atoms. The number of halogens is 5. The van der Waals surface area contributed by atoms with Crippen molar-refractivity contribution in [2.45, 2.75) is 0 Å². The predicted molar refractivity (Wildman–Crippen MR) is 109 cm³/mol. The predicted octanol–water partition coefficient (Wildman–Crippen LogP) is 4.88. The highest BCUT2D eigenvalue weighted by Crippen LogP contribution is 2.44. The number of ether oxygens (including phenoxy) is 3. The third kappa shape index (κ3) is 2.24. The number of benzene rings is 4. The minimum absolute atomic E-state index is 0.198. The van der Waals surface area contributed by atoms with E-state index in [0.717, 1.165) is 10.9 Å². The van der Waals surface area contributed by atoms with Crippen LogP contribution in [0.2, 0.25) is 0 Å². The summed E-state index contributed by atoms with van der Waals surface area (Å²) in [6.45, 7) is -0.339. The summed E-state index contributed by atoms with van der Waals surface area (Å²) in [5, 5.41) is 0. The zero-order chi connectivity index (χ0) is 22.6. The topological polar surface area (TPSA) is 27.7 Å². The maximum absolute atomic E-state index is 14.6. The van der Waals surface area contributed by atoms with Gasteiger partial charge in [0.25, 0.3) is 6.71 Å². The molecule has 0 unspecified atom stereocenters. The Hall–Kier alpha value is -4.01. The smallest absolute Gasteiger partial charge is 0.270 e. The molecule has 0 saturated carbocycles. The van der Waals surface area contributed by atoms with Gasteiger partial charge in [-0.15, -0.1) is 0 Å². The van der Waals surface area contributed by atoms with Crippen molar-refractivity contribution in [3.63, 3.8) is 0 Å². The third-order valence-electron chi connectivity index (χ3n) is 6.18. The first-order valence-electron chi connectivity index (χ1n) is 9.93. The van der Waals surface area contributed by atoms with Gasteiger partial charge in [-0.05, 0) is 42.0 Å². The molecule has 3 aliphatic rings. The molecule has 160 valence electrons. The molecule has 4 aromatic rings. The number of hydrogen-bond acceptors (Lipinski definition) is 3. The quantitative estimate of drug-likeness (QED) is 0.155. The SMILES string of the molecule is Fc1c(F)c(F)c(-c2cc3c4c(c2)Oc2cccc5c2B4c2c(cccc2O3)O5)c(F)c1F. The van der Waals surface area contributed by atoms with Crippen LogP contribution < -0.4 is 30.6 Å². The normalized spacial score (nSPS) is 13.7. The van der Waals surface area contributed by atoms with Gasteiger partial charge >= 0.3 is 0 Å². The highest BCUT2D eigenvalue weighted by Gasteiger charge is 2.46. The molecule has 9 heteroatoms. The molecule has 7 rings (SSSR count). The molecular formula is C24H8BF5O3. The molecule has 0 amide bonds. The minimum Gasteiger partial charge on any atom is -0.458 e. The van der Waals surface area contributed by atoms with E-state index < -0.39 is 34.6 Å². The van der Waals surface area contributed by atoms with Crippen molar-refractivity contribution in [3.8, 4) is 45.6 Å². The standard InChI is InChI=1S/C24H8BF5O3/c26-20-16(21(27)23(29)24(30)22(20)28)9-7-14-19-15(8-9)33-13-6-2-4-11-18(13)25(19)17-10(31-11)3-1-5-12(17)32-14/h1-8H. The zero-order valence-electron chi connectivity index (χ0n) is 16.3. The molecule has 4 aromatic carbocycles. The molecule has 0 aromatic heterocycles. The Bertz CT molecular complexity index is 1460. The van der Waals surface area contributed by atoms with Gasteiger partial charge in [-0.1, -0.05) is 12.1 Å². The van der Waals surface area contributed by atoms with Gasteiger partial charge in [-0.2, -0.15) is 0 Å². The fraction of sp³-hybridized carbons (Fsp3) is 0. The highest BCUT2D eigenvalue weighted by molar-refractivity contribution is 6.99. The van der Waals surface area contributed by atoms with Crippen LogP contribution in [0.5, 0.6) is 34.5 Å². The lowest BCUT2D eigenvalue weighted by Crippen LogP contribution is -2.59. The van der Waals surface area contributed by atoms with Crippen LogP contribution in [-0.4, -0.2) is 6.71 Å². The van der Waals surface area contributed by atoms with Crippen molar-refractivity contribution >= 4 is 23.1 Å². The molecular weight excluding hydrogens is 442 g/mol. The van der Waals surface area contributed by atoms with Crippen molar-refractivity contribution in [1.82, 2.24) is 0 Å². The van der Waals surface area contributed by atoms with Gasteiger partial charge in [0, 0.05) is 16.4 Å². The molecule has 3 aliphatic heterocycles. The molecule has 3 heterocycles. The maximum Gasteiger partial charge on any atom is 0.270 e. The van der Waals surface area contributed by atoms with Gasteiger partial charge < -0.3 is 14.2 Å². The van der Waals surface area contributed by atoms with Crippen LogP contribution in [0.4, 0.5) is 22.0 Å². The summed E-state index contributed by atoms with van der Waals surface area (Å²) in [5.74, 6) is -7.59. The van der Waals surface area contributed by atoms with E-state index in [1.165, 1.54) is 12.1 Å². The monoisotopic (exact) mass is 450 g/mol. The van der Waals surface area contributed by atoms with Gasteiger partial charge in [-0.3, -0.25) is 0 Å². The van der Waals surface area contributed by atoms with Crippen LogP contribution in [0.1, 0.15) is 0 Å². The Morgan fingerprint density at radius 3 is 1.30 bits per heavy atom. The summed E-state index contributed by atoms with van der Waals surface area (Å²) in [6.07, 6.45) is 0. The van der Waals surface area contributed by atoms with E-state index >= 15 is 0 Å². The summed E-state index contributed by atoms with van der Waals surface area (Å²) >= 11 is 0. The second kappa shape index (κ2) is 6.07. The second-order valence-electron chi connectivity index (χ2n) is 7.91. The van der Waals surface area contributed by atoms with Crippen LogP contribution in [0.15, 0.2) is 48.5 Å². The fourth-order valence-corrected chi connectivity index (χ4v) is 4.82. The summed E-state index contributed by atoms with van der Waals surface area (Å²) < 4.78 is 88.5. The minimum atomic E-state index is -2.22. The molecule has 3 nitrogen and oxygen atoms in total. The van der Waals surface area contributed by atoms with Crippen LogP contribution in [0.25, 0.3) is 11.1 Å². The summed E-state index contributed by atoms with van der Waals surface area (Å²) in [7, 11) is 0. The van der Waals surface area contributed by atoms with Crippen molar-refractivity contribution in [2.24, 2.45) is 0 Å². The van der Waals surface area contributed by atoms with Gasteiger partial charge in [0.2, 0.25) is 5.82 Å². The van der Waals surface area contributed by atoms with Crippen molar-refractivity contribution < 1.29 is 36.2 Å². The lowest BCUT2D eigenvalue weighted by Gasteiger charge is -2.37. The zero-order valence-corrected chi connectivity index (χ0v) is 16.3. The molecule has 0 fully saturated rings. The number of hydrogen-bond donors (Lipinski definition) is 0. The van der Waals surface area contributed by atoms with Crippen molar-refractivity contribution in [3.05, 3.63) is 77.6 Å².